The van der Waals surface area contributed by atoms with E-state index in [1.807, 2.05) is 60.7 Å². The number of fused-ring (bicyclic) bond motifs is 6. The van der Waals surface area contributed by atoms with E-state index in [0.29, 0.717) is 23.5 Å². The molecule has 0 amide bonds. The summed E-state index contributed by atoms with van der Waals surface area (Å²) in [5, 5.41) is 16.8. The number of rotatable bonds is 11. The summed E-state index contributed by atoms with van der Waals surface area (Å²) in [6.07, 6.45) is 0.175. The molecule has 2 atom stereocenters. The van der Waals surface area contributed by atoms with Gasteiger partial charge in [-0.1, -0.05) is 109 Å². The van der Waals surface area contributed by atoms with Crippen LogP contribution in [-0.2, 0) is 20.8 Å². The number of aromatic nitrogens is 2. The van der Waals surface area contributed by atoms with Crippen molar-refractivity contribution >= 4 is 60.6 Å². The molecule has 10 rings (SSSR count). The number of benzene rings is 8. The fourth-order valence-corrected chi connectivity index (χ4v) is 9.35. The molecule has 0 aliphatic heterocycles. The van der Waals surface area contributed by atoms with E-state index in [1.54, 1.807) is 0 Å². The maximum absolute atomic E-state index is 12.2. The third-order valence-electron chi connectivity index (χ3n) is 11.9. The molecule has 1 N–H and O–H groups in total. The van der Waals surface area contributed by atoms with Gasteiger partial charge in [-0.15, -0.1) is 0 Å². The molecule has 9 heteroatoms. The van der Waals surface area contributed by atoms with Gasteiger partial charge in [-0.3, -0.25) is 0 Å². The summed E-state index contributed by atoms with van der Waals surface area (Å²) in [4.78, 5) is 0. The summed E-state index contributed by atoms with van der Waals surface area (Å²) >= 11 is -0.826. The molecule has 0 bridgehead atoms. The van der Waals surface area contributed by atoms with Gasteiger partial charge in [0.15, 0.2) is 0 Å². The van der Waals surface area contributed by atoms with E-state index in [2.05, 4.69) is 153 Å². The van der Waals surface area contributed by atoms with Gasteiger partial charge in [0.25, 0.3) is 0 Å². The molecule has 2 unspecified atom stereocenters. The van der Waals surface area contributed by atoms with Crippen LogP contribution in [0.25, 0.3) is 77.2 Å². The Bertz CT molecular complexity index is 3230. The molecule has 0 radical (unpaired) electrons. The Morgan fingerprint density at radius 3 is 1.31 bits per heavy atom. The summed E-state index contributed by atoms with van der Waals surface area (Å²) in [5.74, 6) is 2.30. The van der Waals surface area contributed by atoms with Gasteiger partial charge in [0.2, 0.25) is 0 Å². The third-order valence-corrected chi connectivity index (χ3v) is 11.9. The molecule has 0 aliphatic rings. The summed E-state index contributed by atoms with van der Waals surface area (Å²) in [7, 11) is 13.8. The van der Waals surface area contributed by atoms with Crippen LogP contribution >= 0.6 is 17.0 Å². The first-order chi connectivity index (χ1) is 31.7. The van der Waals surface area contributed by atoms with Crippen LogP contribution in [0.2, 0.25) is 0 Å². The molecule has 2 heterocycles. The second kappa shape index (κ2) is 19.2. The molecule has 0 aliphatic carbocycles. The molecular formula is C56H47Cl2N2O4Zr-. The number of halogens is 2. The van der Waals surface area contributed by atoms with Crippen LogP contribution in [0.1, 0.15) is 31.4 Å². The van der Waals surface area contributed by atoms with Crippen molar-refractivity contribution in [3.05, 3.63) is 188 Å². The average molecular weight is 974 g/mol. The molecule has 10 aromatic rings. The first-order valence-electron chi connectivity index (χ1n) is 21.6. The number of aromatic hydroxyl groups is 1. The van der Waals surface area contributed by atoms with Crippen molar-refractivity contribution in [2.75, 3.05) is 0 Å². The van der Waals surface area contributed by atoms with Crippen LogP contribution < -0.4 is 14.2 Å². The van der Waals surface area contributed by atoms with Crippen molar-refractivity contribution in [1.82, 2.24) is 9.13 Å². The SMILES string of the molecule is [CH2-]Oc1c(-c2ccccc2OC(C)CC(C)Oc2ccccc2-c2cc(C)cc(-n3c4ccccc4c4ccccc43)c2O)cc(C)cc1-n1c2ccccc2c2ccccc21.[Cl][Zr][Cl]. The quantitative estimate of drug-likeness (QED) is 0.131. The topological polar surface area (TPSA) is 57.8 Å². The predicted molar refractivity (Wildman–Crippen MR) is 266 cm³/mol. The van der Waals surface area contributed by atoms with Crippen molar-refractivity contribution in [1.29, 1.82) is 0 Å². The van der Waals surface area contributed by atoms with Gasteiger partial charge in [0, 0.05) is 50.2 Å². The minimum absolute atomic E-state index is 0.196. The number of para-hydroxylation sites is 6. The van der Waals surface area contributed by atoms with Gasteiger partial charge in [0.05, 0.1) is 45.6 Å². The number of phenols is 1. The predicted octanol–water partition coefficient (Wildman–Crippen LogP) is 15.7. The van der Waals surface area contributed by atoms with Gasteiger partial charge in [0.1, 0.15) is 23.0 Å². The van der Waals surface area contributed by atoms with Crippen molar-refractivity contribution in [3.63, 3.8) is 0 Å². The third kappa shape index (κ3) is 8.54. The molecule has 324 valence electrons. The number of phenolic OH excluding ortho intramolecular Hbond substituents is 1. The van der Waals surface area contributed by atoms with Crippen LogP contribution in [0, 0.1) is 21.0 Å². The molecule has 0 fully saturated rings. The zero-order valence-electron chi connectivity index (χ0n) is 36.6. The molecule has 0 saturated heterocycles. The zero-order chi connectivity index (χ0) is 45.2. The number of nitrogens with zero attached hydrogens (tertiary/aromatic N) is 2. The van der Waals surface area contributed by atoms with E-state index in [4.69, 9.17) is 31.2 Å². The number of ether oxygens (including phenoxy) is 3. The molecule has 6 nitrogen and oxygen atoms in total. The molecule has 65 heavy (non-hydrogen) atoms. The van der Waals surface area contributed by atoms with Gasteiger partial charge < -0.3 is 28.5 Å². The van der Waals surface area contributed by atoms with Crippen LogP contribution in [0.4, 0.5) is 0 Å². The Labute approximate surface area is 398 Å². The Kier molecular flexibility index (Phi) is 13.1. The van der Waals surface area contributed by atoms with Crippen molar-refractivity contribution < 1.29 is 40.2 Å². The van der Waals surface area contributed by atoms with E-state index in [9.17, 15) is 5.11 Å². The van der Waals surface area contributed by atoms with Crippen LogP contribution in [-0.4, -0.2) is 26.4 Å². The van der Waals surface area contributed by atoms with E-state index in [1.165, 1.54) is 10.8 Å². The van der Waals surface area contributed by atoms with E-state index >= 15 is 0 Å². The van der Waals surface area contributed by atoms with Gasteiger partial charge in [-0.2, -0.15) is 7.11 Å². The first kappa shape index (κ1) is 44.2. The standard InChI is InChI=1S/C56H47N2O4.2ClH.Zr/c1-35-30-45(55(59)51(32-35)57-47-24-12-6-18-39(47)40-19-7-13-25-48(40)57)43-22-10-16-28-53(43)61-37(3)34-38(4)62-54-29-17-11-23-44(54)46-31-36(2)33-52(56(46)60-5)58-49-26-14-8-20-41(49)42-21-9-15-27-50(42)58;;;/h6-33,37-38,59H,5,34H2,1-4H3;2*1H;/q-1;;;+2/p-2. The monoisotopic (exact) mass is 971 g/mol. The molecule has 0 saturated carbocycles. The molecular weight excluding hydrogens is 927 g/mol. The molecule has 2 aromatic heterocycles. The van der Waals surface area contributed by atoms with Crippen LogP contribution in [0.3, 0.4) is 0 Å². The Morgan fingerprint density at radius 2 is 0.862 bits per heavy atom. The number of hydrogen-bond acceptors (Lipinski definition) is 4. The molecule has 8 aromatic carbocycles. The summed E-state index contributed by atoms with van der Waals surface area (Å²) < 4.78 is 24.0. The fraction of sp³-hybridized carbons (Fsp3) is 0.125. The van der Waals surface area contributed by atoms with Crippen molar-refractivity contribution in [2.24, 2.45) is 0 Å². The van der Waals surface area contributed by atoms with Crippen molar-refractivity contribution in [3.8, 4) is 56.6 Å². The average Bonchev–Trinajstić information content (AvgIpc) is 3.83. The van der Waals surface area contributed by atoms with Crippen LogP contribution in [0.15, 0.2) is 170 Å². The summed E-state index contributed by atoms with van der Waals surface area (Å²) in [6.45, 7) is 8.32. The summed E-state index contributed by atoms with van der Waals surface area (Å²) in [5.41, 5.74) is 11.4. The fourth-order valence-electron chi connectivity index (χ4n) is 9.35. The zero-order valence-corrected chi connectivity index (χ0v) is 40.5. The molecule has 0 spiro atoms. The van der Waals surface area contributed by atoms with Crippen molar-refractivity contribution in [2.45, 2.75) is 46.3 Å². The Balaban J connectivity index is 0.00000173. The van der Waals surface area contributed by atoms with E-state index in [-0.39, 0.29) is 18.0 Å². The second-order valence-electron chi connectivity index (χ2n) is 16.4. The van der Waals surface area contributed by atoms with E-state index < -0.39 is 20.8 Å². The van der Waals surface area contributed by atoms with Gasteiger partial charge in [-0.25, -0.2) is 0 Å². The minimum atomic E-state index is -0.826. The van der Waals surface area contributed by atoms with E-state index in [0.717, 1.165) is 77.8 Å². The van der Waals surface area contributed by atoms with Crippen LogP contribution in [0.5, 0.6) is 23.0 Å². The van der Waals surface area contributed by atoms with Gasteiger partial charge >= 0.3 is 37.9 Å². The first-order valence-corrected chi connectivity index (χ1v) is 27.9. The number of hydrogen-bond donors (Lipinski definition) is 1. The number of aryl methyl sites for hydroxylation is 2. The van der Waals surface area contributed by atoms with Gasteiger partial charge in [-0.05, 0) is 99.5 Å². The summed E-state index contributed by atoms with van der Waals surface area (Å²) in [6, 6.07) is 58.1. The maximum atomic E-state index is 12.2. The Hall–Kier alpha value is -5.98. The Morgan fingerprint density at radius 1 is 0.508 bits per heavy atom. The second-order valence-corrected chi connectivity index (χ2v) is 20.1. The normalized spacial score (nSPS) is 12.2.